The van der Waals surface area contributed by atoms with E-state index in [1.807, 2.05) is 37.2 Å². The van der Waals surface area contributed by atoms with Gasteiger partial charge < -0.3 is 15.5 Å². The summed E-state index contributed by atoms with van der Waals surface area (Å²) in [6, 6.07) is 7.96. The molecule has 1 aromatic carbocycles. The van der Waals surface area contributed by atoms with Gasteiger partial charge in [0.1, 0.15) is 0 Å². The first-order valence-corrected chi connectivity index (χ1v) is 7.33. The van der Waals surface area contributed by atoms with Gasteiger partial charge in [0.05, 0.1) is 0 Å². The smallest absolute Gasteiger partial charge is 0.253 e. The summed E-state index contributed by atoms with van der Waals surface area (Å²) >= 11 is 0. The monoisotopic (exact) mass is 275 g/mol. The van der Waals surface area contributed by atoms with Crippen molar-refractivity contribution in [2.75, 3.05) is 33.7 Å². The molecule has 2 rings (SSSR count). The van der Waals surface area contributed by atoms with Crippen LogP contribution in [0.2, 0.25) is 0 Å². The molecule has 4 heteroatoms. The maximum atomic E-state index is 12.5. The highest BCUT2D eigenvalue weighted by molar-refractivity contribution is 5.94. The molecule has 1 fully saturated rings. The van der Waals surface area contributed by atoms with E-state index in [0.717, 1.165) is 44.6 Å². The van der Waals surface area contributed by atoms with E-state index in [-0.39, 0.29) is 5.91 Å². The Morgan fingerprint density at radius 2 is 2.05 bits per heavy atom. The fourth-order valence-corrected chi connectivity index (χ4v) is 2.72. The number of nitrogens with zero attached hydrogens (tertiary/aromatic N) is 2. The first kappa shape index (κ1) is 15.0. The summed E-state index contributed by atoms with van der Waals surface area (Å²) in [5, 5.41) is 0. The number of nitrogens with two attached hydrogens (primary N) is 1. The van der Waals surface area contributed by atoms with E-state index in [1.54, 1.807) is 0 Å². The van der Waals surface area contributed by atoms with Crippen molar-refractivity contribution in [2.24, 2.45) is 11.7 Å². The Hall–Kier alpha value is -1.39. The summed E-state index contributed by atoms with van der Waals surface area (Å²) in [5.41, 5.74) is 7.67. The van der Waals surface area contributed by atoms with E-state index in [2.05, 4.69) is 11.0 Å². The molecule has 20 heavy (non-hydrogen) atoms. The van der Waals surface area contributed by atoms with Gasteiger partial charge in [0, 0.05) is 25.2 Å². The lowest BCUT2D eigenvalue weighted by molar-refractivity contribution is 0.0693. The van der Waals surface area contributed by atoms with Crippen LogP contribution in [0.4, 0.5) is 0 Å². The number of carbonyl (C=O) groups excluding carboxylic acids is 1. The second-order valence-corrected chi connectivity index (χ2v) is 5.91. The van der Waals surface area contributed by atoms with Crippen LogP contribution in [0.25, 0.3) is 0 Å². The molecule has 1 saturated heterocycles. The van der Waals surface area contributed by atoms with Crippen molar-refractivity contribution in [1.29, 1.82) is 0 Å². The molecule has 0 bridgehead atoms. The molecule has 0 unspecified atom stereocenters. The minimum absolute atomic E-state index is 0.154. The topological polar surface area (TPSA) is 49.6 Å². The quantitative estimate of drug-likeness (QED) is 0.907. The Morgan fingerprint density at radius 1 is 1.35 bits per heavy atom. The number of hydrogen-bond acceptors (Lipinski definition) is 3. The lowest BCUT2D eigenvalue weighted by Crippen LogP contribution is -2.40. The van der Waals surface area contributed by atoms with Gasteiger partial charge in [-0.05, 0) is 57.1 Å². The highest BCUT2D eigenvalue weighted by Crippen LogP contribution is 2.18. The molecule has 0 radical (unpaired) electrons. The van der Waals surface area contributed by atoms with Gasteiger partial charge in [-0.25, -0.2) is 0 Å². The normalized spacial score (nSPS) is 16.7. The SMILES string of the molecule is CN(C)Cc1cccc(C(=O)N2CCC(CN)CC2)c1. The largest absolute Gasteiger partial charge is 0.339 e. The van der Waals surface area contributed by atoms with E-state index >= 15 is 0 Å². The van der Waals surface area contributed by atoms with Gasteiger partial charge in [-0.3, -0.25) is 4.79 Å². The molecule has 0 atom stereocenters. The lowest BCUT2D eigenvalue weighted by atomic mass is 9.96. The standard InChI is InChI=1S/C16H25N3O/c1-18(2)12-14-4-3-5-15(10-14)16(20)19-8-6-13(11-17)7-9-19/h3-5,10,13H,6-9,11-12,17H2,1-2H3. The molecule has 0 spiro atoms. The van der Waals surface area contributed by atoms with Crippen LogP contribution in [-0.2, 0) is 6.54 Å². The van der Waals surface area contributed by atoms with Crippen molar-refractivity contribution in [2.45, 2.75) is 19.4 Å². The molecule has 1 amide bonds. The third kappa shape index (κ3) is 3.81. The minimum Gasteiger partial charge on any atom is -0.339 e. The molecular formula is C16H25N3O. The maximum absolute atomic E-state index is 12.5. The van der Waals surface area contributed by atoms with E-state index in [9.17, 15) is 4.79 Å². The Morgan fingerprint density at radius 3 is 2.65 bits per heavy atom. The van der Waals surface area contributed by atoms with Gasteiger partial charge in [0.25, 0.3) is 5.91 Å². The zero-order chi connectivity index (χ0) is 14.5. The fourth-order valence-electron chi connectivity index (χ4n) is 2.72. The highest BCUT2D eigenvalue weighted by atomic mass is 16.2. The summed E-state index contributed by atoms with van der Waals surface area (Å²) < 4.78 is 0. The van der Waals surface area contributed by atoms with Crippen molar-refractivity contribution >= 4 is 5.91 Å². The summed E-state index contributed by atoms with van der Waals surface area (Å²) in [7, 11) is 4.07. The molecule has 1 aliphatic heterocycles. The van der Waals surface area contributed by atoms with Crippen LogP contribution in [0.5, 0.6) is 0 Å². The van der Waals surface area contributed by atoms with E-state index in [1.165, 1.54) is 5.56 Å². The second-order valence-electron chi connectivity index (χ2n) is 5.91. The van der Waals surface area contributed by atoms with Crippen molar-refractivity contribution in [3.05, 3.63) is 35.4 Å². The number of hydrogen-bond donors (Lipinski definition) is 1. The molecule has 0 aliphatic carbocycles. The van der Waals surface area contributed by atoms with E-state index in [0.29, 0.717) is 5.92 Å². The number of benzene rings is 1. The Labute approximate surface area is 121 Å². The molecule has 0 aromatic heterocycles. The molecule has 4 nitrogen and oxygen atoms in total. The van der Waals surface area contributed by atoms with Crippen molar-refractivity contribution < 1.29 is 4.79 Å². The number of rotatable bonds is 4. The molecule has 1 aliphatic rings. The first-order valence-electron chi connectivity index (χ1n) is 7.33. The Balaban J connectivity index is 2.02. The number of likely N-dealkylation sites (tertiary alicyclic amines) is 1. The Bertz CT molecular complexity index is 451. The average molecular weight is 275 g/mol. The summed E-state index contributed by atoms with van der Waals surface area (Å²) in [4.78, 5) is 16.6. The number of piperidine rings is 1. The zero-order valence-corrected chi connectivity index (χ0v) is 12.5. The molecular weight excluding hydrogens is 250 g/mol. The van der Waals surface area contributed by atoms with Gasteiger partial charge in [0.2, 0.25) is 0 Å². The van der Waals surface area contributed by atoms with Crippen molar-refractivity contribution in [3.8, 4) is 0 Å². The molecule has 2 N–H and O–H groups in total. The molecule has 1 heterocycles. The van der Waals surface area contributed by atoms with Crippen LogP contribution < -0.4 is 5.73 Å². The molecule has 110 valence electrons. The van der Waals surface area contributed by atoms with Gasteiger partial charge >= 0.3 is 0 Å². The van der Waals surface area contributed by atoms with Gasteiger partial charge in [0.15, 0.2) is 0 Å². The summed E-state index contributed by atoms with van der Waals surface area (Å²) in [6.07, 6.45) is 2.05. The van der Waals surface area contributed by atoms with E-state index in [4.69, 9.17) is 5.73 Å². The van der Waals surface area contributed by atoms with Crippen LogP contribution >= 0.6 is 0 Å². The minimum atomic E-state index is 0.154. The Kier molecular flexibility index (Phi) is 5.15. The third-order valence-electron chi connectivity index (χ3n) is 3.91. The number of carbonyl (C=O) groups is 1. The summed E-state index contributed by atoms with van der Waals surface area (Å²) in [5.74, 6) is 0.736. The van der Waals surface area contributed by atoms with Crippen LogP contribution in [0.15, 0.2) is 24.3 Å². The third-order valence-corrected chi connectivity index (χ3v) is 3.91. The van der Waals surface area contributed by atoms with Crippen LogP contribution in [0.1, 0.15) is 28.8 Å². The highest BCUT2D eigenvalue weighted by Gasteiger charge is 2.22. The lowest BCUT2D eigenvalue weighted by Gasteiger charge is -2.31. The zero-order valence-electron chi connectivity index (χ0n) is 12.5. The van der Waals surface area contributed by atoms with Gasteiger partial charge in [-0.15, -0.1) is 0 Å². The van der Waals surface area contributed by atoms with Gasteiger partial charge in [-0.1, -0.05) is 12.1 Å². The predicted octanol–water partition coefficient (Wildman–Crippen LogP) is 1.56. The molecule has 0 saturated carbocycles. The maximum Gasteiger partial charge on any atom is 0.253 e. The average Bonchev–Trinajstić information content (AvgIpc) is 2.46. The number of amides is 1. The predicted molar refractivity (Wildman–Crippen MR) is 81.5 cm³/mol. The fraction of sp³-hybridized carbons (Fsp3) is 0.562. The molecule has 1 aromatic rings. The first-order chi connectivity index (χ1) is 9.60. The van der Waals surface area contributed by atoms with Crippen LogP contribution in [0, 0.1) is 5.92 Å². The van der Waals surface area contributed by atoms with Crippen molar-refractivity contribution in [1.82, 2.24) is 9.80 Å². The van der Waals surface area contributed by atoms with Crippen LogP contribution in [0.3, 0.4) is 0 Å². The second kappa shape index (κ2) is 6.86. The van der Waals surface area contributed by atoms with E-state index < -0.39 is 0 Å². The van der Waals surface area contributed by atoms with Gasteiger partial charge in [-0.2, -0.15) is 0 Å². The van der Waals surface area contributed by atoms with Crippen molar-refractivity contribution in [3.63, 3.8) is 0 Å². The summed E-state index contributed by atoms with van der Waals surface area (Å²) in [6.45, 7) is 3.26. The van der Waals surface area contributed by atoms with Crippen LogP contribution in [-0.4, -0.2) is 49.4 Å².